The van der Waals surface area contributed by atoms with E-state index in [0.717, 1.165) is 50.3 Å². The van der Waals surface area contributed by atoms with E-state index >= 15 is 0 Å². The Bertz CT molecular complexity index is 2150. The Morgan fingerprint density at radius 2 is 1.09 bits per heavy atom. The highest BCUT2D eigenvalue weighted by Gasteiger charge is 2.35. The summed E-state index contributed by atoms with van der Waals surface area (Å²) in [6, 6.07) is 50.6. The van der Waals surface area contributed by atoms with Gasteiger partial charge in [-0.05, 0) is 28.8 Å². The van der Waals surface area contributed by atoms with E-state index in [1.54, 1.807) is 0 Å². The Morgan fingerprint density at radius 1 is 0.477 bits per heavy atom. The van der Waals surface area contributed by atoms with E-state index in [4.69, 9.17) is 14.7 Å². The van der Waals surface area contributed by atoms with Crippen LogP contribution in [-0.2, 0) is 5.41 Å². The third kappa shape index (κ3) is 4.37. The summed E-state index contributed by atoms with van der Waals surface area (Å²) in [6.07, 6.45) is 0. The molecule has 6 aromatic carbocycles. The van der Waals surface area contributed by atoms with Crippen molar-refractivity contribution in [1.29, 1.82) is 0 Å². The molecule has 0 amide bonds. The molecule has 0 bridgehead atoms. The first-order chi connectivity index (χ1) is 21.6. The molecule has 7 aromatic rings. The summed E-state index contributed by atoms with van der Waals surface area (Å²) in [6.45, 7) is 4.54. The first-order valence-corrected chi connectivity index (χ1v) is 15.0. The molecule has 0 spiro atoms. The highest BCUT2D eigenvalue weighted by molar-refractivity contribution is 5.94. The monoisotopic (exact) mass is 566 g/mol. The zero-order chi connectivity index (χ0) is 29.7. The highest BCUT2D eigenvalue weighted by atomic mass is 16.5. The summed E-state index contributed by atoms with van der Waals surface area (Å²) in [4.78, 5) is 10.1. The second kappa shape index (κ2) is 10.3. The van der Waals surface area contributed by atoms with Gasteiger partial charge in [-0.2, -0.15) is 0 Å². The van der Waals surface area contributed by atoms with Crippen molar-refractivity contribution >= 4 is 10.9 Å². The van der Waals surface area contributed by atoms with Crippen LogP contribution in [-0.4, -0.2) is 9.97 Å². The number of para-hydroxylation sites is 3. The molecular formula is C41H30N2O. The Labute approximate surface area is 257 Å². The van der Waals surface area contributed by atoms with Crippen LogP contribution in [0.25, 0.3) is 55.8 Å². The third-order valence-electron chi connectivity index (χ3n) is 8.78. The van der Waals surface area contributed by atoms with Gasteiger partial charge in [-0.3, -0.25) is 0 Å². The van der Waals surface area contributed by atoms with E-state index in [-0.39, 0.29) is 5.41 Å². The average molecular weight is 567 g/mol. The van der Waals surface area contributed by atoms with Crippen LogP contribution in [0.4, 0.5) is 0 Å². The molecule has 210 valence electrons. The Morgan fingerprint density at radius 3 is 1.91 bits per heavy atom. The normalized spacial score (nSPS) is 13.1. The molecule has 8 rings (SSSR count). The first kappa shape index (κ1) is 26.1. The van der Waals surface area contributed by atoms with E-state index in [2.05, 4.69) is 135 Å². The number of aromatic nitrogens is 2. The molecule has 1 aromatic heterocycles. The lowest BCUT2D eigenvalue weighted by atomic mass is 9.75. The zero-order valence-corrected chi connectivity index (χ0v) is 24.7. The number of hydrogen-bond acceptors (Lipinski definition) is 3. The Balaban J connectivity index is 1.17. The summed E-state index contributed by atoms with van der Waals surface area (Å²) >= 11 is 0. The van der Waals surface area contributed by atoms with Crippen molar-refractivity contribution < 1.29 is 4.74 Å². The van der Waals surface area contributed by atoms with E-state index in [9.17, 15) is 0 Å². The molecule has 0 unspecified atom stereocenters. The lowest BCUT2D eigenvalue weighted by Crippen LogP contribution is -2.24. The first-order valence-electron chi connectivity index (χ1n) is 15.0. The number of fused-ring (bicyclic) bond motifs is 3. The SMILES string of the molecule is CC1(C)c2ccccc2Oc2c(-c3ccc(-c4nc(-c5ccc(-c6ccccc6)cc5)c5ccccc5n4)cc3)cccc21. The summed E-state index contributed by atoms with van der Waals surface area (Å²) in [5.74, 6) is 2.55. The Kier molecular flexibility index (Phi) is 6.13. The standard InChI is InChI=1S/C41H30N2O/c1-41(2)34-15-7-9-18-37(34)44-39-32(14-10-16-35(39)41)29-21-25-31(26-22-29)40-42-36-17-8-6-13-33(36)38(43-40)30-23-19-28(20-24-30)27-11-4-3-5-12-27/h3-26H,1-2H3. The number of benzene rings is 6. The quantitative estimate of drug-likeness (QED) is 0.213. The molecule has 0 fully saturated rings. The number of rotatable bonds is 4. The van der Waals surface area contributed by atoms with Gasteiger partial charge in [-0.15, -0.1) is 0 Å². The van der Waals surface area contributed by atoms with Gasteiger partial charge in [0.1, 0.15) is 11.5 Å². The van der Waals surface area contributed by atoms with Gasteiger partial charge in [0.2, 0.25) is 0 Å². The fourth-order valence-corrected chi connectivity index (χ4v) is 6.37. The number of ether oxygens (including phenoxy) is 1. The minimum atomic E-state index is -0.158. The topological polar surface area (TPSA) is 35.0 Å². The molecule has 1 aliphatic rings. The van der Waals surface area contributed by atoms with Gasteiger partial charge in [0.25, 0.3) is 0 Å². The van der Waals surface area contributed by atoms with Gasteiger partial charge in [0.05, 0.1) is 11.2 Å². The van der Waals surface area contributed by atoms with E-state index in [0.29, 0.717) is 5.82 Å². The van der Waals surface area contributed by atoms with E-state index in [1.165, 1.54) is 22.3 Å². The second-order valence-corrected chi connectivity index (χ2v) is 11.8. The van der Waals surface area contributed by atoms with Crippen LogP contribution in [0.1, 0.15) is 25.0 Å². The van der Waals surface area contributed by atoms with Gasteiger partial charge in [0, 0.05) is 38.6 Å². The van der Waals surface area contributed by atoms with Crippen LogP contribution in [0.15, 0.2) is 146 Å². The summed E-state index contributed by atoms with van der Waals surface area (Å²) in [5, 5.41) is 1.04. The molecule has 0 saturated carbocycles. The molecule has 0 aliphatic carbocycles. The maximum absolute atomic E-state index is 6.54. The lowest BCUT2D eigenvalue weighted by molar-refractivity contribution is 0.419. The predicted molar refractivity (Wildman–Crippen MR) is 180 cm³/mol. The molecule has 0 N–H and O–H groups in total. The molecule has 0 saturated heterocycles. The zero-order valence-electron chi connectivity index (χ0n) is 24.7. The molecule has 3 nitrogen and oxygen atoms in total. The van der Waals surface area contributed by atoms with Crippen LogP contribution >= 0.6 is 0 Å². The average Bonchev–Trinajstić information content (AvgIpc) is 3.08. The fraction of sp³-hybridized carbons (Fsp3) is 0.0732. The van der Waals surface area contributed by atoms with Crippen molar-refractivity contribution in [2.75, 3.05) is 0 Å². The van der Waals surface area contributed by atoms with Gasteiger partial charge < -0.3 is 4.74 Å². The van der Waals surface area contributed by atoms with E-state index in [1.807, 2.05) is 24.3 Å². The molecule has 0 atom stereocenters. The van der Waals surface area contributed by atoms with Gasteiger partial charge in [-0.1, -0.05) is 147 Å². The van der Waals surface area contributed by atoms with Crippen molar-refractivity contribution in [2.24, 2.45) is 0 Å². The third-order valence-corrected chi connectivity index (χ3v) is 8.78. The van der Waals surface area contributed by atoms with Gasteiger partial charge in [-0.25, -0.2) is 9.97 Å². The molecule has 3 heteroatoms. The van der Waals surface area contributed by atoms with Gasteiger partial charge >= 0.3 is 0 Å². The number of nitrogens with zero attached hydrogens (tertiary/aromatic N) is 2. The maximum atomic E-state index is 6.54. The molecule has 1 aliphatic heterocycles. The highest BCUT2D eigenvalue weighted by Crippen LogP contribution is 2.51. The van der Waals surface area contributed by atoms with Crippen LogP contribution in [0.3, 0.4) is 0 Å². The summed E-state index contributed by atoms with van der Waals surface area (Å²) < 4.78 is 6.54. The van der Waals surface area contributed by atoms with Gasteiger partial charge in [0.15, 0.2) is 5.82 Å². The number of hydrogen-bond donors (Lipinski definition) is 0. The fourth-order valence-electron chi connectivity index (χ4n) is 6.37. The predicted octanol–water partition coefficient (Wildman–Crippen LogP) is 10.7. The van der Waals surface area contributed by atoms with Crippen LogP contribution < -0.4 is 4.74 Å². The lowest BCUT2D eigenvalue weighted by Gasteiger charge is -2.35. The van der Waals surface area contributed by atoms with Crippen LogP contribution in [0, 0.1) is 0 Å². The minimum Gasteiger partial charge on any atom is -0.456 e. The smallest absolute Gasteiger partial charge is 0.160 e. The van der Waals surface area contributed by atoms with E-state index < -0.39 is 0 Å². The van der Waals surface area contributed by atoms with Crippen molar-refractivity contribution in [1.82, 2.24) is 9.97 Å². The molecule has 0 radical (unpaired) electrons. The van der Waals surface area contributed by atoms with Crippen LogP contribution in [0.2, 0.25) is 0 Å². The van der Waals surface area contributed by atoms with Crippen molar-refractivity contribution in [3.63, 3.8) is 0 Å². The molecule has 44 heavy (non-hydrogen) atoms. The largest absolute Gasteiger partial charge is 0.456 e. The molecule has 2 heterocycles. The second-order valence-electron chi connectivity index (χ2n) is 11.8. The summed E-state index contributed by atoms with van der Waals surface area (Å²) in [5.41, 5.74) is 10.7. The molecular weight excluding hydrogens is 536 g/mol. The minimum absolute atomic E-state index is 0.158. The maximum Gasteiger partial charge on any atom is 0.160 e. The van der Waals surface area contributed by atoms with Crippen molar-refractivity contribution in [3.8, 4) is 56.4 Å². The van der Waals surface area contributed by atoms with Crippen molar-refractivity contribution in [3.05, 3.63) is 157 Å². The Hall–Kier alpha value is -5.54. The summed E-state index contributed by atoms with van der Waals surface area (Å²) in [7, 11) is 0. The van der Waals surface area contributed by atoms with Crippen LogP contribution in [0.5, 0.6) is 11.5 Å². The van der Waals surface area contributed by atoms with Crippen molar-refractivity contribution in [2.45, 2.75) is 19.3 Å².